The second-order valence-corrected chi connectivity index (χ2v) is 8.10. The highest BCUT2D eigenvalue weighted by Gasteiger charge is 2.23. The molecule has 0 bridgehead atoms. The van der Waals surface area contributed by atoms with Crippen LogP contribution < -0.4 is 10.6 Å². The topological polar surface area (TPSA) is 35.7 Å². The van der Waals surface area contributed by atoms with Crippen LogP contribution in [0.3, 0.4) is 0 Å². The number of anilines is 2. The first kappa shape index (κ1) is 17.9. The molecule has 0 amide bonds. The van der Waals surface area contributed by atoms with Crippen molar-refractivity contribution in [1.29, 1.82) is 0 Å². The van der Waals surface area contributed by atoms with Gasteiger partial charge in [0.25, 0.3) is 0 Å². The third-order valence-corrected chi connectivity index (χ3v) is 6.43. The molecule has 0 aliphatic carbocycles. The van der Waals surface area contributed by atoms with Crippen molar-refractivity contribution in [3.05, 3.63) is 48.5 Å². The second-order valence-electron chi connectivity index (χ2n) is 7.01. The van der Waals surface area contributed by atoms with Crippen molar-refractivity contribution >= 4 is 23.1 Å². The van der Waals surface area contributed by atoms with Gasteiger partial charge in [0.05, 0.1) is 11.4 Å². The molecule has 2 N–H and O–H groups in total. The van der Waals surface area contributed by atoms with Gasteiger partial charge in [-0.1, -0.05) is 36.0 Å². The lowest BCUT2D eigenvalue weighted by molar-refractivity contribution is 0.134. The van der Waals surface area contributed by atoms with Crippen molar-refractivity contribution in [2.24, 2.45) is 5.73 Å². The minimum Gasteiger partial charge on any atom is -0.340 e. The van der Waals surface area contributed by atoms with Crippen molar-refractivity contribution in [2.75, 3.05) is 57.3 Å². The zero-order chi connectivity index (χ0) is 17.8. The van der Waals surface area contributed by atoms with Gasteiger partial charge in [-0.25, -0.2) is 0 Å². The fourth-order valence-electron chi connectivity index (χ4n) is 3.89. The first-order chi connectivity index (χ1) is 12.8. The molecule has 2 aliphatic heterocycles. The summed E-state index contributed by atoms with van der Waals surface area (Å²) in [7, 11) is 0. The molecule has 5 heteroatoms. The number of rotatable bonds is 6. The quantitative estimate of drug-likeness (QED) is 0.847. The maximum absolute atomic E-state index is 5.67. The summed E-state index contributed by atoms with van der Waals surface area (Å²) >= 11 is 1.88. The van der Waals surface area contributed by atoms with E-state index in [0.29, 0.717) is 0 Å². The summed E-state index contributed by atoms with van der Waals surface area (Å²) in [6.45, 7) is 8.69. The number of benzene rings is 2. The number of piperazine rings is 1. The summed E-state index contributed by atoms with van der Waals surface area (Å²) in [5, 5.41) is 0. The molecule has 2 heterocycles. The molecule has 2 aliphatic rings. The van der Waals surface area contributed by atoms with Crippen LogP contribution in [-0.2, 0) is 0 Å². The van der Waals surface area contributed by atoms with E-state index in [1.54, 1.807) is 0 Å². The van der Waals surface area contributed by atoms with Gasteiger partial charge in [0.2, 0.25) is 0 Å². The Morgan fingerprint density at radius 3 is 1.85 bits per heavy atom. The standard InChI is InChI=1S/C21H28N4S/c22-10-13-24-16-14-23(15-17-24)11-5-12-25-18-6-1-3-8-20(18)26-21-9-4-2-7-19(21)25/h1-4,6-9H,5,10-17,22H2. The monoisotopic (exact) mass is 368 g/mol. The maximum Gasteiger partial charge on any atom is 0.0552 e. The van der Waals surface area contributed by atoms with Crippen LogP contribution in [0.25, 0.3) is 0 Å². The van der Waals surface area contributed by atoms with Gasteiger partial charge in [-0.05, 0) is 37.2 Å². The molecule has 0 radical (unpaired) electrons. The number of fused-ring (bicyclic) bond motifs is 2. The molecule has 0 atom stereocenters. The summed E-state index contributed by atoms with van der Waals surface area (Å²) in [5.74, 6) is 0. The molecule has 1 fully saturated rings. The largest absolute Gasteiger partial charge is 0.340 e. The van der Waals surface area contributed by atoms with E-state index in [0.717, 1.165) is 32.7 Å². The molecule has 4 nitrogen and oxygen atoms in total. The van der Waals surface area contributed by atoms with Crippen LogP contribution in [-0.4, -0.2) is 62.2 Å². The molecule has 26 heavy (non-hydrogen) atoms. The Morgan fingerprint density at radius 1 is 0.731 bits per heavy atom. The third-order valence-electron chi connectivity index (χ3n) is 5.30. The van der Waals surface area contributed by atoms with Crippen LogP contribution >= 0.6 is 11.8 Å². The van der Waals surface area contributed by atoms with Gasteiger partial charge >= 0.3 is 0 Å². The first-order valence-corrected chi connectivity index (χ1v) is 10.4. The average Bonchev–Trinajstić information content (AvgIpc) is 2.69. The van der Waals surface area contributed by atoms with E-state index in [1.165, 1.54) is 47.2 Å². The number of para-hydroxylation sites is 2. The molecule has 0 spiro atoms. The van der Waals surface area contributed by atoms with E-state index in [-0.39, 0.29) is 0 Å². The lowest BCUT2D eigenvalue weighted by Gasteiger charge is -2.36. The van der Waals surface area contributed by atoms with Gasteiger partial charge in [0.1, 0.15) is 0 Å². The Balaban J connectivity index is 1.38. The highest BCUT2D eigenvalue weighted by atomic mass is 32.2. The van der Waals surface area contributed by atoms with Crippen molar-refractivity contribution < 1.29 is 0 Å². The fourth-order valence-corrected chi connectivity index (χ4v) is 4.99. The van der Waals surface area contributed by atoms with E-state index in [4.69, 9.17) is 5.73 Å². The van der Waals surface area contributed by atoms with Crippen LogP contribution in [0.5, 0.6) is 0 Å². The summed E-state index contributed by atoms with van der Waals surface area (Å²) in [4.78, 5) is 10.3. The van der Waals surface area contributed by atoms with Crippen LogP contribution in [0.4, 0.5) is 11.4 Å². The van der Waals surface area contributed by atoms with Crippen molar-refractivity contribution in [3.8, 4) is 0 Å². The zero-order valence-corrected chi connectivity index (χ0v) is 16.1. The minimum atomic E-state index is 0.770. The third kappa shape index (κ3) is 3.91. The van der Waals surface area contributed by atoms with E-state index in [2.05, 4.69) is 63.2 Å². The van der Waals surface area contributed by atoms with Crippen LogP contribution in [0.1, 0.15) is 6.42 Å². The van der Waals surface area contributed by atoms with Crippen molar-refractivity contribution in [1.82, 2.24) is 9.80 Å². The fraction of sp³-hybridized carbons (Fsp3) is 0.429. The molecule has 0 aromatic heterocycles. The van der Waals surface area contributed by atoms with E-state index < -0.39 is 0 Å². The molecular formula is C21H28N4S. The van der Waals surface area contributed by atoms with Crippen molar-refractivity contribution in [2.45, 2.75) is 16.2 Å². The maximum atomic E-state index is 5.67. The van der Waals surface area contributed by atoms with E-state index >= 15 is 0 Å². The van der Waals surface area contributed by atoms with Crippen LogP contribution in [0, 0.1) is 0 Å². The highest BCUT2D eigenvalue weighted by Crippen LogP contribution is 2.47. The van der Waals surface area contributed by atoms with Gasteiger partial charge in [0, 0.05) is 55.6 Å². The van der Waals surface area contributed by atoms with Gasteiger partial charge in [-0.15, -0.1) is 0 Å². The first-order valence-electron chi connectivity index (χ1n) is 9.63. The van der Waals surface area contributed by atoms with Crippen LogP contribution in [0.2, 0.25) is 0 Å². The summed E-state index contributed by atoms with van der Waals surface area (Å²) in [6, 6.07) is 17.6. The highest BCUT2D eigenvalue weighted by molar-refractivity contribution is 7.99. The van der Waals surface area contributed by atoms with E-state index in [1.807, 2.05) is 11.8 Å². The molecule has 2 aromatic carbocycles. The zero-order valence-electron chi connectivity index (χ0n) is 15.3. The summed E-state index contributed by atoms with van der Waals surface area (Å²) < 4.78 is 0. The van der Waals surface area contributed by atoms with Crippen molar-refractivity contribution in [3.63, 3.8) is 0 Å². The molecule has 0 saturated carbocycles. The number of hydrogen-bond acceptors (Lipinski definition) is 5. The Labute approximate surface area is 161 Å². The number of nitrogens with two attached hydrogens (primary N) is 1. The average molecular weight is 369 g/mol. The molecule has 1 saturated heterocycles. The predicted octanol–water partition coefficient (Wildman–Crippen LogP) is 3.26. The Morgan fingerprint density at radius 2 is 1.27 bits per heavy atom. The number of nitrogens with zero attached hydrogens (tertiary/aromatic N) is 3. The van der Waals surface area contributed by atoms with Gasteiger partial charge in [-0.2, -0.15) is 0 Å². The smallest absolute Gasteiger partial charge is 0.0552 e. The Hall–Kier alpha value is -1.53. The normalized spacial score (nSPS) is 17.8. The van der Waals surface area contributed by atoms with Gasteiger partial charge in [-0.3, -0.25) is 4.90 Å². The van der Waals surface area contributed by atoms with Gasteiger partial charge in [0.15, 0.2) is 0 Å². The lowest BCUT2D eigenvalue weighted by atomic mass is 10.2. The summed E-state index contributed by atoms with van der Waals surface area (Å²) in [6.07, 6.45) is 1.18. The Kier molecular flexibility index (Phi) is 5.80. The SMILES string of the molecule is NCCN1CCN(CCCN2c3ccccc3Sc3ccccc32)CC1. The predicted molar refractivity (Wildman–Crippen MR) is 111 cm³/mol. The number of hydrogen-bond donors (Lipinski definition) is 1. The van der Waals surface area contributed by atoms with E-state index in [9.17, 15) is 0 Å². The molecule has 4 rings (SSSR count). The Bertz CT molecular complexity index is 682. The lowest BCUT2D eigenvalue weighted by Crippen LogP contribution is -2.48. The molecular weight excluding hydrogens is 340 g/mol. The molecule has 2 aromatic rings. The van der Waals surface area contributed by atoms with Gasteiger partial charge < -0.3 is 15.5 Å². The minimum absolute atomic E-state index is 0.770. The molecule has 0 unspecified atom stereocenters. The van der Waals surface area contributed by atoms with Crippen LogP contribution in [0.15, 0.2) is 58.3 Å². The molecule has 138 valence electrons. The second kappa shape index (κ2) is 8.44. The summed E-state index contributed by atoms with van der Waals surface area (Å²) in [5.41, 5.74) is 8.37.